The fraction of sp³-hybridized carbons (Fsp3) is 0.818. The third kappa shape index (κ3) is 2.46. The molecule has 82 valence electrons. The van der Waals surface area contributed by atoms with Crippen LogP contribution in [-0.2, 0) is 8.85 Å². The molecule has 0 aliphatic heterocycles. The van der Waals surface area contributed by atoms with E-state index in [4.69, 9.17) is 8.85 Å². The Morgan fingerprint density at radius 2 is 1.57 bits per heavy atom. The van der Waals surface area contributed by atoms with Crippen molar-refractivity contribution in [1.29, 1.82) is 0 Å². The molecule has 0 unspecified atom stereocenters. The van der Waals surface area contributed by atoms with Gasteiger partial charge in [-0.25, -0.2) is 0 Å². The Bertz CT molecular complexity index is 211. The van der Waals surface area contributed by atoms with Crippen LogP contribution in [0.2, 0.25) is 6.55 Å². The van der Waals surface area contributed by atoms with Gasteiger partial charge in [-0.1, -0.05) is 12.0 Å². The van der Waals surface area contributed by atoms with Crippen molar-refractivity contribution in [2.45, 2.75) is 45.6 Å². The van der Waals surface area contributed by atoms with E-state index in [2.05, 4.69) is 13.5 Å². The molecule has 0 aromatic carbocycles. The minimum Gasteiger partial charge on any atom is -0.395 e. The lowest BCUT2D eigenvalue weighted by molar-refractivity contribution is 0.259. The zero-order valence-electron chi connectivity index (χ0n) is 9.85. The van der Waals surface area contributed by atoms with Crippen LogP contribution in [0.4, 0.5) is 0 Å². The first-order valence-electron chi connectivity index (χ1n) is 5.43. The van der Waals surface area contributed by atoms with Crippen molar-refractivity contribution in [3.8, 4) is 0 Å². The van der Waals surface area contributed by atoms with E-state index in [1.165, 1.54) is 37.3 Å². The van der Waals surface area contributed by atoms with Gasteiger partial charge in [0.25, 0.3) is 0 Å². The van der Waals surface area contributed by atoms with Crippen molar-refractivity contribution in [3.63, 3.8) is 0 Å². The second kappa shape index (κ2) is 5.10. The van der Waals surface area contributed by atoms with Crippen LogP contribution in [0.25, 0.3) is 0 Å². The fourth-order valence-corrected chi connectivity index (χ4v) is 3.74. The highest BCUT2D eigenvalue weighted by Gasteiger charge is 2.33. The van der Waals surface area contributed by atoms with Crippen LogP contribution >= 0.6 is 0 Å². The summed E-state index contributed by atoms with van der Waals surface area (Å²) in [7, 11) is 1.52. The van der Waals surface area contributed by atoms with Crippen LogP contribution in [0.15, 0.2) is 10.8 Å². The normalized spacial score (nSPS) is 18.4. The molecule has 0 bridgehead atoms. The highest BCUT2D eigenvalue weighted by atomic mass is 28.4. The Hall–Kier alpha value is -0.123. The van der Waals surface area contributed by atoms with Gasteiger partial charge in [0.15, 0.2) is 0 Å². The quantitative estimate of drug-likeness (QED) is 0.672. The molecule has 0 N–H and O–H groups in total. The van der Waals surface area contributed by atoms with Gasteiger partial charge >= 0.3 is 8.56 Å². The van der Waals surface area contributed by atoms with Gasteiger partial charge in [0.2, 0.25) is 0 Å². The van der Waals surface area contributed by atoms with E-state index >= 15 is 0 Å². The molecule has 1 fully saturated rings. The second-order valence-electron chi connectivity index (χ2n) is 4.14. The van der Waals surface area contributed by atoms with Crippen molar-refractivity contribution < 1.29 is 8.85 Å². The predicted molar refractivity (Wildman–Crippen MR) is 61.4 cm³/mol. The first-order valence-corrected chi connectivity index (χ1v) is 7.75. The molecule has 3 heteroatoms. The van der Waals surface area contributed by atoms with E-state index in [-0.39, 0.29) is 0 Å². The third-order valence-electron chi connectivity index (χ3n) is 3.45. The number of hydrogen-bond donors (Lipinski definition) is 0. The van der Waals surface area contributed by atoms with Crippen LogP contribution in [0.5, 0.6) is 0 Å². The van der Waals surface area contributed by atoms with Crippen LogP contribution in [-0.4, -0.2) is 22.8 Å². The first kappa shape index (κ1) is 11.9. The molecule has 0 spiro atoms. The summed E-state index contributed by atoms with van der Waals surface area (Å²) in [5, 5.41) is 1.40. The summed E-state index contributed by atoms with van der Waals surface area (Å²) in [6, 6.07) is 0. The molecule has 14 heavy (non-hydrogen) atoms. The molecule has 0 aromatic rings. The Morgan fingerprint density at radius 3 is 2.00 bits per heavy atom. The van der Waals surface area contributed by atoms with E-state index in [9.17, 15) is 0 Å². The summed E-state index contributed by atoms with van der Waals surface area (Å²) in [5.74, 6) is 0. The van der Waals surface area contributed by atoms with E-state index < -0.39 is 8.56 Å². The molecule has 1 saturated carbocycles. The van der Waals surface area contributed by atoms with Crippen molar-refractivity contribution in [2.75, 3.05) is 14.2 Å². The van der Waals surface area contributed by atoms with Crippen molar-refractivity contribution in [2.24, 2.45) is 0 Å². The van der Waals surface area contributed by atoms with E-state index in [1.807, 2.05) is 0 Å². The number of allylic oxidation sites excluding steroid dienone is 2. The fourth-order valence-electron chi connectivity index (χ4n) is 2.06. The SMILES string of the molecule is CO[Si](C)(OC)C(C)=C1CCCCC1. The molecule has 0 radical (unpaired) electrons. The highest BCUT2D eigenvalue weighted by molar-refractivity contribution is 6.73. The molecule has 0 heterocycles. The summed E-state index contributed by atoms with van der Waals surface area (Å²) in [5.41, 5.74) is 1.59. The van der Waals surface area contributed by atoms with Crippen molar-refractivity contribution in [1.82, 2.24) is 0 Å². The summed E-state index contributed by atoms with van der Waals surface area (Å²) < 4.78 is 11.1. The number of hydrogen-bond acceptors (Lipinski definition) is 2. The zero-order chi connectivity index (χ0) is 10.6. The largest absolute Gasteiger partial charge is 0.395 e. The monoisotopic (exact) mass is 214 g/mol. The third-order valence-corrected chi connectivity index (χ3v) is 6.72. The van der Waals surface area contributed by atoms with E-state index in [0.29, 0.717) is 0 Å². The standard InChI is InChI=1S/C11H22O2Si/c1-10(14(4,12-2)13-3)11-8-6-5-7-9-11/h5-9H2,1-4H3. The van der Waals surface area contributed by atoms with Gasteiger partial charge in [-0.3, -0.25) is 0 Å². The molecule has 0 aromatic heterocycles. The molecule has 1 rings (SSSR count). The smallest absolute Gasteiger partial charge is 0.364 e. The summed E-state index contributed by atoms with van der Waals surface area (Å²) in [6.45, 7) is 4.32. The molecule has 0 atom stereocenters. The van der Waals surface area contributed by atoms with Gasteiger partial charge < -0.3 is 8.85 Å². The van der Waals surface area contributed by atoms with Crippen LogP contribution < -0.4 is 0 Å². The maximum Gasteiger partial charge on any atom is 0.364 e. The lowest BCUT2D eigenvalue weighted by atomic mass is 9.95. The molecular weight excluding hydrogens is 192 g/mol. The average molecular weight is 214 g/mol. The van der Waals surface area contributed by atoms with Gasteiger partial charge in [0, 0.05) is 14.2 Å². The second-order valence-corrected chi connectivity index (χ2v) is 7.60. The van der Waals surface area contributed by atoms with Crippen LogP contribution in [0, 0.1) is 0 Å². The maximum atomic E-state index is 5.56. The minimum atomic E-state index is -2.01. The van der Waals surface area contributed by atoms with Crippen molar-refractivity contribution in [3.05, 3.63) is 10.8 Å². The Kier molecular flexibility index (Phi) is 4.35. The van der Waals surface area contributed by atoms with Gasteiger partial charge in [-0.15, -0.1) is 0 Å². The Labute approximate surface area is 88.5 Å². The van der Waals surface area contributed by atoms with Gasteiger partial charge in [-0.05, 0) is 44.4 Å². The summed E-state index contributed by atoms with van der Waals surface area (Å²) in [4.78, 5) is 0. The van der Waals surface area contributed by atoms with Gasteiger partial charge in [0.1, 0.15) is 0 Å². The molecule has 1 aliphatic carbocycles. The molecular formula is C11H22O2Si. The lowest BCUT2D eigenvalue weighted by Crippen LogP contribution is -2.39. The Balaban J connectivity index is 2.82. The zero-order valence-corrected chi connectivity index (χ0v) is 10.9. The predicted octanol–water partition coefficient (Wildman–Crippen LogP) is 3.17. The van der Waals surface area contributed by atoms with Crippen LogP contribution in [0.1, 0.15) is 39.0 Å². The average Bonchev–Trinajstić information content (AvgIpc) is 2.28. The summed E-state index contributed by atoms with van der Waals surface area (Å²) in [6.07, 6.45) is 6.56. The topological polar surface area (TPSA) is 18.5 Å². The first-order chi connectivity index (χ1) is 6.64. The van der Waals surface area contributed by atoms with E-state index in [1.54, 1.807) is 19.8 Å². The summed E-state index contributed by atoms with van der Waals surface area (Å²) >= 11 is 0. The Morgan fingerprint density at radius 1 is 1.07 bits per heavy atom. The van der Waals surface area contributed by atoms with Crippen molar-refractivity contribution >= 4 is 8.56 Å². The van der Waals surface area contributed by atoms with E-state index in [0.717, 1.165) is 0 Å². The molecule has 0 saturated heterocycles. The van der Waals surface area contributed by atoms with Gasteiger partial charge in [-0.2, -0.15) is 0 Å². The lowest BCUT2D eigenvalue weighted by Gasteiger charge is -2.28. The maximum absolute atomic E-state index is 5.56. The molecule has 0 amide bonds. The highest BCUT2D eigenvalue weighted by Crippen LogP contribution is 2.30. The van der Waals surface area contributed by atoms with Gasteiger partial charge in [0.05, 0.1) is 0 Å². The molecule has 2 nitrogen and oxygen atoms in total. The number of rotatable bonds is 3. The minimum absolute atomic E-state index is 1.25. The van der Waals surface area contributed by atoms with Crippen LogP contribution in [0.3, 0.4) is 0 Å². The molecule has 1 aliphatic rings.